The van der Waals surface area contributed by atoms with Gasteiger partial charge in [-0.25, -0.2) is 19.2 Å². The average molecular weight is 505 g/mol. The number of rotatable bonds is 5. The summed E-state index contributed by atoms with van der Waals surface area (Å²) in [5, 5.41) is 0. The Morgan fingerprint density at radius 1 is 1.00 bits per heavy atom. The first-order valence-corrected chi connectivity index (χ1v) is 12.1. The number of halogens is 1. The summed E-state index contributed by atoms with van der Waals surface area (Å²) in [5.74, 6) is 0.872. The fourth-order valence-electron chi connectivity index (χ4n) is 4.90. The molecule has 9 heteroatoms. The minimum absolute atomic E-state index is 0.000583. The van der Waals surface area contributed by atoms with E-state index in [9.17, 15) is 14.0 Å². The van der Waals surface area contributed by atoms with E-state index in [4.69, 9.17) is 9.47 Å². The second-order valence-corrected chi connectivity index (χ2v) is 10.7. The van der Waals surface area contributed by atoms with Crippen molar-refractivity contribution in [2.45, 2.75) is 33.3 Å². The first-order valence-electron chi connectivity index (χ1n) is 12.1. The molecule has 2 saturated heterocycles. The molecule has 0 N–H and O–H groups in total. The van der Waals surface area contributed by atoms with Crippen LogP contribution in [-0.4, -0.2) is 58.5 Å². The summed E-state index contributed by atoms with van der Waals surface area (Å²) in [6, 6.07) is 11.3. The van der Waals surface area contributed by atoms with Crippen LogP contribution in [0, 0.1) is 11.2 Å². The van der Waals surface area contributed by atoms with Gasteiger partial charge >= 0.3 is 6.09 Å². The number of Topliss-reactive ketones (excluding diaryl/α,β-unsaturated/α-hetero) is 1. The van der Waals surface area contributed by atoms with E-state index in [-0.39, 0.29) is 17.3 Å². The lowest BCUT2D eigenvalue weighted by Gasteiger charge is -2.60. The Morgan fingerprint density at radius 3 is 2.43 bits per heavy atom. The van der Waals surface area contributed by atoms with Crippen LogP contribution < -0.4 is 9.64 Å². The SMILES string of the molecule is CC(=O)c1ccccc1-c1cc(F)ccc1Oc1cncnc1N1CC2(CN(C(=O)OC(C)(C)C)C2)C1. The zero-order valence-corrected chi connectivity index (χ0v) is 21.3. The second kappa shape index (κ2) is 9.14. The Balaban J connectivity index is 1.34. The fraction of sp³-hybridized carbons (Fsp3) is 0.357. The lowest BCUT2D eigenvalue weighted by Crippen LogP contribution is -2.73. The summed E-state index contributed by atoms with van der Waals surface area (Å²) < 4.78 is 26.0. The molecule has 2 fully saturated rings. The molecule has 37 heavy (non-hydrogen) atoms. The lowest BCUT2D eigenvalue weighted by molar-refractivity contribution is -0.0455. The van der Waals surface area contributed by atoms with Gasteiger partial charge in [0.1, 0.15) is 23.5 Å². The van der Waals surface area contributed by atoms with Gasteiger partial charge in [-0.1, -0.05) is 24.3 Å². The van der Waals surface area contributed by atoms with Gasteiger partial charge in [0.05, 0.1) is 6.20 Å². The number of benzene rings is 2. The number of ketones is 1. The van der Waals surface area contributed by atoms with E-state index in [0.717, 1.165) is 0 Å². The Kier molecular flexibility index (Phi) is 6.09. The van der Waals surface area contributed by atoms with Crippen LogP contribution in [0.4, 0.5) is 15.0 Å². The van der Waals surface area contributed by atoms with E-state index < -0.39 is 11.4 Å². The van der Waals surface area contributed by atoms with Gasteiger partial charge in [0.25, 0.3) is 0 Å². The van der Waals surface area contributed by atoms with Gasteiger partial charge in [0, 0.05) is 42.7 Å². The van der Waals surface area contributed by atoms with Crippen molar-refractivity contribution in [1.29, 1.82) is 0 Å². The molecule has 1 amide bonds. The second-order valence-electron chi connectivity index (χ2n) is 10.7. The molecule has 2 aliphatic rings. The number of ether oxygens (including phenoxy) is 2. The molecule has 3 aromatic rings. The number of likely N-dealkylation sites (tertiary alicyclic amines) is 1. The standard InChI is InChI=1S/C28H29FN4O4/c1-18(34)20-7-5-6-8-21(20)22-11-19(29)9-10-23(22)36-24-12-30-17-31-25(24)32-13-28(14-32)15-33(16-28)26(35)37-27(2,3)4/h5-12,17H,13-16H2,1-4H3. The smallest absolute Gasteiger partial charge is 0.410 e. The molecule has 3 heterocycles. The molecular formula is C28H29FN4O4. The van der Waals surface area contributed by atoms with Gasteiger partial charge in [-0.15, -0.1) is 0 Å². The van der Waals surface area contributed by atoms with Gasteiger partial charge in [0.15, 0.2) is 17.4 Å². The van der Waals surface area contributed by atoms with Crippen molar-refractivity contribution in [3.05, 3.63) is 66.4 Å². The molecule has 2 aliphatic heterocycles. The zero-order chi connectivity index (χ0) is 26.4. The number of hydrogen-bond donors (Lipinski definition) is 0. The fourth-order valence-corrected chi connectivity index (χ4v) is 4.90. The number of aromatic nitrogens is 2. The minimum atomic E-state index is -0.525. The number of carbonyl (C=O) groups excluding carboxylic acids is 2. The summed E-state index contributed by atoms with van der Waals surface area (Å²) in [7, 11) is 0. The highest BCUT2D eigenvalue weighted by atomic mass is 19.1. The molecule has 0 atom stereocenters. The van der Waals surface area contributed by atoms with Crippen LogP contribution in [0.2, 0.25) is 0 Å². The maximum absolute atomic E-state index is 14.3. The Morgan fingerprint density at radius 2 is 1.73 bits per heavy atom. The summed E-state index contributed by atoms with van der Waals surface area (Å²) in [5.41, 5.74) is 1.01. The van der Waals surface area contributed by atoms with Crippen molar-refractivity contribution in [3.63, 3.8) is 0 Å². The maximum Gasteiger partial charge on any atom is 0.410 e. The highest BCUT2D eigenvalue weighted by molar-refractivity contribution is 6.01. The van der Waals surface area contributed by atoms with E-state index in [2.05, 4.69) is 14.9 Å². The quantitative estimate of drug-likeness (QED) is 0.434. The predicted octanol–water partition coefficient (Wildman–Crippen LogP) is 5.33. The summed E-state index contributed by atoms with van der Waals surface area (Å²) in [4.78, 5) is 36.9. The first-order chi connectivity index (χ1) is 17.5. The van der Waals surface area contributed by atoms with Gasteiger partial charge in [-0.2, -0.15) is 0 Å². The van der Waals surface area contributed by atoms with Crippen molar-refractivity contribution >= 4 is 17.7 Å². The van der Waals surface area contributed by atoms with Crippen LogP contribution in [0.3, 0.4) is 0 Å². The highest BCUT2D eigenvalue weighted by Gasteiger charge is 2.54. The normalized spacial score (nSPS) is 16.1. The van der Waals surface area contributed by atoms with Crippen molar-refractivity contribution in [1.82, 2.24) is 14.9 Å². The molecule has 0 saturated carbocycles. The van der Waals surface area contributed by atoms with Crippen LogP contribution in [0.5, 0.6) is 11.5 Å². The third-order valence-electron chi connectivity index (χ3n) is 6.47. The van der Waals surface area contributed by atoms with E-state index in [1.807, 2.05) is 20.8 Å². The monoisotopic (exact) mass is 504 g/mol. The molecule has 5 rings (SSSR count). The molecule has 0 unspecified atom stereocenters. The van der Waals surface area contributed by atoms with Crippen LogP contribution >= 0.6 is 0 Å². The number of amides is 1. The van der Waals surface area contributed by atoms with Crippen molar-refractivity contribution < 1.29 is 23.5 Å². The maximum atomic E-state index is 14.3. The highest BCUT2D eigenvalue weighted by Crippen LogP contribution is 2.45. The number of hydrogen-bond acceptors (Lipinski definition) is 7. The molecular weight excluding hydrogens is 475 g/mol. The molecule has 0 radical (unpaired) electrons. The lowest BCUT2D eigenvalue weighted by atomic mass is 9.73. The predicted molar refractivity (Wildman–Crippen MR) is 136 cm³/mol. The number of anilines is 1. The topological polar surface area (TPSA) is 84.9 Å². The third-order valence-corrected chi connectivity index (χ3v) is 6.47. The van der Waals surface area contributed by atoms with Crippen LogP contribution in [-0.2, 0) is 4.74 Å². The Labute approximate surface area is 215 Å². The van der Waals surface area contributed by atoms with Gasteiger partial charge in [-0.3, -0.25) is 4.79 Å². The number of carbonyl (C=O) groups is 2. The van der Waals surface area contributed by atoms with Crippen molar-refractivity contribution in [2.75, 3.05) is 31.1 Å². The van der Waals surface area contributed by atoms with E-state index in [0.29, 0.717) is 60.2 Å². The van der Waals surface area contributed by atoms with E-state index in [1.54, 1.807) is 41.4 Å². The summed E-state index contributed by atoms with van der Waals surface area (Å²) in [6.45, 7) is 9.72. The van der Waals surface area contributed by atoms with Crippen LogP contribution in [0.1, 0.15) is 38.1 Å². The average Bonchev–Trinajstić information content (AvgIpc) is 2.78. The largest absolute Gasteiger partial charge is 0.451 e. The van der Waals surface area contributed by atoms with E-state index in [1.165, 1.54) is 25.4 Å². The van der Waals surface area contributed by atoms with Gasteiger partial charge in [-0.05, 0) is 51.5 Å². The molecule has 0 bridgehead atoms. The number of nitrogens with zero attached hydrogens (tertiary/aromatic N) is 4. The molecule has 1 aromatic heterocycles. The first kappa shape index (κ1) is 24.7. The summed E-state index contributed by atoms with van der Waals surface area (Å²) >= 11 is 0. The molecule has 1 spiro atoms. The summed E-state index contributed by atoms with van der Waals surface area (Å²) in [6.07, 6.45) is 2.74. The van der Waals surface area contributed by atoms with Crippen molar-refractivity contribution in [2.24, 2.45) is 5.41 Å². The molecule has 8 nitrogen and oxygen atoms in total. The molecule has 0 aliphatic carbocycles. The minimum Gasteiger partial charge on any atom is -0.451 e. The molecule has 2 aromatic carbocycles. The Bertz CT molecular complexity index is 1360. The van der Waals surface area contributed by atoms with Crippen molar-refractivity contribution in [3.8, 4) is 22.6 Å². The van der Waals surface area contributed by atoms with Crippen LogP contribution in [0.25, 0.3) is 11.1 Å². The van der Waals surface area contributed by atoms with Crippen LogP contribution in [0.15, 0.2) is 55.0 Å². The van der Waals surface area contributed by atoms with Gasteiger partial charge in [0.2, 0.25) is 0 Å². The van der Waals surface area contributed by atoms with Gasteiger partial charge < -0.3 is 19.3 Å². The van der Waals surface area contributed by atoms with E-state index >= 15 is 0 Å². The molecule has 192 valence electrons. The zero-order valence-electron chi connectivity index (χ0n) is 21.3. The Hall–Kier alpha value is -4.01. The third kappa shape index (κ3) is 4.98.